The van der Waals surface area contributed by atoms with Gasteiger partial charge < -0.3 is 13.9 Å². The lowest BCUT2D eigenvalue weighted by Crippen LogP contribution is -2.39. The van der Waals surface area contributed by atoms with Crippen LogP contribution in [0.2, 0.25) is 0 Å². The number of methoxy groups -OCH3 is 1. The number of furan rings is 1. The number of fused-ring (bicyclic) bond motifs is 1. The molecular formula is C22H19BrN2O5S. The molecule has 3 heterocycles. The smallest absolute Gasteiger partial charge is 0.338 e. The van der Waals surface area contributed by atoms with Crippen molar-refractivity contribution in [1.82, 2.24) is 4.57 Å². The van der Waals surface area contributed by atoms with Crippen LogP contribution in [0.3, 0.4) is 0 Å². The normalized spacial score (nSPS) is 16.1. The van der Waals surface area contributed by atoms with Crippen molar-refractivity contribution in [3.63, 3.8) is 0 Å². The summed E-state index contributed by atoms with van der Waals surface area (Å²) in [5, 5.41) is 0. The van der Waals surface area contributed by atoms with Crippen molar-refractivity contribution in [1.29, 1.82) is 0 Å². The molecule has 9 heteroatoms. The molecule has 1 aliphatic rings. The van der Waals surface area contributed by atoms with Gasteiger partial charge in [-0.3, -0.25) is 9.36 Å². The van der Waals surface area contributed by atoms with E-state index in [2.05, 4.69) is 20.9 Å². The van der Waals surface area contributed by atoms with Crippen LogP contribution in [0.15, 0.2) is 66.5 Å². The first-order valence-corrected chi connectivity index (χ1v) is 11.1. The van der Waals surface area contributed by atoms with Gasteiger partial charge in [-0.25, -0.2) is 9.79 Å². The highest BCUT2D eigenvalue weighted by Gasteiger charge is 2.33. The first-order chi connectivity index (χ1) is 14.9. The zero-order chi connectivity index (χ0) is 22.1. The lowest BCUT2D eigenvalue weighted by Gasteiger charge is -2.25. The van der Waals surface area contributed by atoms with Gasteiger partial charge in [0.05, 0.1) is 46.3 Å². The Labute approximate surface area is 190 Å². The van der Waals surface area contributed by atoms with E-state index < -0.39 is 12.0 Å². The summed E-state index contributed by atoms with van der Waals surface area (Å²) in [5.41, 5.74) is 1.32. The predicted molar refractivity (Wildman–Crippen MR) is 120 cm³/mol. The molecule has 4 rings (SSSR count). The van der Waals surface area contributed by atoms with Crippen LogP contribution in [0.5, 0.6) is 5.75 Å². The van der Waals surface area contributed by atoms with Crippen molar-refractivity contribution >= 4 is 39.3 Å². The maximum atomic E-state index is 13.4. The summed E-state index contributed by atoms with van der Waals surface area (Å²) in [4.78, 5) is 31.3. The van der Waals surface area contributed by atoms with Crippen molar-refractivity contribution in [3.8, 4) is 5.75 Å². The van der Waals surface area contributed by atoms with Gasteiger partial charge in [-0.1, -0.05) is 17.4 Å². The second-order valence-electron chi connectivity index (χ2n) is 6.71. The van der Waals surface area contributed by atoms with E-state index in [1.54, 1.807) is 51.5 Å². The van der Waals surface area contributed by atoms with Gasteiger partial charge in [-0.15, -0.1) is 0 Å². The topological polar surface area (TPSA) is 83.0 Å². The summed E-state index contributed by atoms with van der Waals surface area (Å²) in [6.07, 6.45) is 3.22. The zero-order valence-electron chi connectivity index (χ0n) is 17.0. The number of carbonyl (C=O) groups excluding carboxylic acids is 1. The van der Waals surface area contributed by atoms with Crippen molar-refractivity contribution in [2.75, 3.05) is 13.7 Å². The summed E-state index contributed by atoms with van der Waals surface area (Å²) >= 11 is 4.74. The number of benzene rings is 1. The summed E-state index contributed by atoms with van der Waals surface area (Å²) in [6, 6.07) is 8.29. The van der Waals surface area contributed by atoms with Gasteiger partial charge in [-0.2, -0.15) is 0 Å². The monoisotopic (exact) mass is 502 g/mol. The number of hydrogen-bond acceptors (Lipinski definition) is 7. The van der Waals surface area contributed by atoms with Crippen LogP contribution >= 0.6 is 27.3 Å². The van der Waals surface area contributed by atoms with Crippen molar-refractivity contribution in [3.05, 3.63) is 83.3 Å². The Balaban J connectivity index is 1.97. The van der Waals surface area contributed by atoms with E-state index in [4.69, 9.17) is 13.9 Å². The SMILES string of the molecule is CCOC(=O)C1=C(C)N=c2sc(=Cc3ccco3)c(=O)n2C1c1ccc(OC)c(Br)c1. The van der Waals surface area contributed by atoms with Gasteiger partial charge >= 0.3 is 5.97 Å². The first-order valence-electron chi connectivity index (χ1n) is 9.51. The molecule has 160 valence electrons. The summed E-state index contributed by atoms with van der Waals surface area (Å²) < 4.78 is 18.7. The van der Waals surface area contributed by atoms with Crippen LogP contribution in [0.25, 0.3) is 6.08 Å². The highest BCUT2D eigenvalue weighted by atomic mass is 79.9. The third-order valence-corrected chi connectivity index (χ3v) is 6.43. The molecule has 0 saturated heterocycles. The quantitative estimate of drug-likeness (QED) is 0.500. The Morgan fingerprint density at radius 1 is 1.39 bits per heavy atom. The summed E-state index contributed by atoms with van der Waals surface area (Å²) in [7, 11) is 1.57. The van der Waals surface area contributed by atoms with E-state index in [9.17, 15) is 9.59 Å². The van der Waals surface area contributed by atoms with Gasteiger partial charge in [0.25, 0.3) is 5.56 Å². The van der Waals surface area contributed by atoms with Crippen LogP contribution in [-0.2, 0) is 9.53 Å². The number of rotatable bonds is 5. The molecule has 3 aromatic rings. The Morgan fingerprint density at radius 3 is 2.84 bits per heavy atom. The van der Waals surface area contributed by atoms with Gasteiger partial charge in [0.15, 0.2) is 4.80 Å². The van der Waals surface area contributed by atoms with Crippen LogP contribution < -0.4 is 19.6 Å². The van der Waals surface area contributed by atoms with Crippen molar-refractivity contribution < 1.29 is 18.7 Å². The molecule has 7 nitrogen and oxygen atoms in total. The number of hydrogen-bond donors (Lipinski definition) is 0. The molecule has 0 saturated carbocycles. The standard InChI is InChI=1S/C22H19BrN2O5S/c1-4-29-21(27)18-12(2)24-22-25(19(18)13-7-8-16(28-3)15(23)10-13)20(26)17(31-22)11-14-6-5-9-30-14/h5-11,19H,4H2,1-3H3. The lowest BCUT2D eigenvalue weighted by molar-refractivity contribution is -0.139. The number of aromatic nitrogens is 1. The minimum absolute atomic E-state index is 0.220. The van der Waals surface area contributed by atoms with Gasteiger partial charge in [-0.05, 0) is 59.6 Å². The van der Waals surface area contributed by atoms with E-state index >= 15 is 0 Å². The second-order valence-corrected chi connectivity index (χ2v) is 8.58. The largest absolute Gasteiger partial charge is 0.496 e. The molecule has 2 aromatic heterocycles. The number of carbonyl (C=O) groups is 1. The molecule has 1 aliphatic heterocycles. The fourth-order valence-corrected chi connectivity index (χ4v) is 5.05. The van der Waals surface area contributed by atoms with Crippen LogP contribution in [0.1, 0.15) is 31.2 Å². The molecule has 0 amide bonds. The summed E-state index contributed by atoms with van der Waals surface area (Å²) in [5.74, 6) is 0.712. The van der Waals surface area contributed by atoms with Crippen LogP contribution in [-0.4, -0.2) is 24.3 Å². The zero-order valence-corrected chi connectivity index (χ0v) is 19.5. The Kier molecular flexibility index (Phi) is 5.97. The second kappa shape index (κ2) is 8.68. The van der Waals surface area contributed by atoms with E-state index in [1.165, 1.54) is 15.9 Å². The molecule has 0 fully saturated rings. The molecule has 0 aliphatic carbocycles. The van der Waals surface area contributed by atoms with Crippen LogP contribution in [0, 0.1) is 0 Å². The Hall–Kier alpha value is -2.91. The molecule has 1 aromatic carbocycles. The number of esters is 1. The number of allylic oxidation sites excluding steroid dienone is 1. The minimum atomic E-state index is -0.684. The predicted octanol–water partition coefficient (Wildman–Crippen LogP) is 3.16. The number of ether oxygens (including phenoxy) is 2. The van der Waals surface area contributed by atoms with Crippen LogP contribution in [0.4, 0.5) is 0 Å². The summed E-state index contributed by atoms with van der Waals surface area (Å²) in [6.45, 7) is 3.71. The Bertz CT molecular complexity index is 1350. The minimum Gasteiger partial charge on any atom is -0.496 e. The molecule has 0 bridgehead atoms. The first kappa shape index (κ1) is 21.3. The molecule has 1 atom stereocenters. The van der Waals surface area contributed by atoms with E-state index in [1.807, 2.05) is 12.1 Å². The maximum Gasteiger partial charge on any atom is 0.338 e. The highest BCUT2D eigenvalue weighted by molar-refractivity contribution is 9.10. The number of halogens is 1. The third-order valence-electron chi connectivity index (χ3n) is 4.83. The van der Waals surface area contributed by atoms with E-state index in [0.717, 1.165) is 5.56 Å². The van der Waals surface area contributed by atoms with E-state index in [0.29, 0.717) is 36.6 Å². The molecule has 0 radical (unpaired) electrons. The van der Waals surface area contributed by atoms with Gasteiger partial charge in [0.2, 0.25) is 0 Å². The molecule has 0 spiro atoms. The van der Waals surface area contributed by atoms with Crippen molar-refractivity contribution in [2.24, 2.45) is 4.99 Å². The molecule has 1 unspecified atom stereocenters. The average molecular weight is 503 g/mol. The molecule has 31 heavy (non-hydrogen) atoms. The van der Waals surface area contributed by atoms with Crippen molar-refractivity contribution in [2.45, 2.75) is 19.9 Å². The number of nitrogens with zero attached hydrogens (tertiary/aromatic N) is 2. The fourth-order valence-electron chi connectivity index (χ4n) is 3.46. The van der Waals surface area contributed by atoms with Gasteiger partial charge in [0.1, 0.15) is 11.5 Å². The maximum absolute atomic E-state index is 13.4. The fraction of sp³-hybridized carbons (Fsp3) is 0.227. The number of thiazole rings is 1. The van der Waals surface area contributed by atoms with E-state index in [-0.39, 0.29) is 12.2 Å². The molecule has 0 N–H and O–H groups in total. The molecular weight excluding hydrogens is 484 g/mol. The average Bonchev–Trinajstić information content (AvgIpc) is 3.35. The highest BCUT2D eigenvalue weighted by Crippen LogP contribution is 2.34. The Morgan fingerprint density at radius 2 is 2.19 bits per heavy atom. The lowest BCUT2D eigenvalue weighted by atomic mass is 9.96. The van der Waals surface area contributed by atoms with Gasteiger partial charge in [0, 0.05) is 6.08 Å². The third kappa shape index (κ3) is 3.90.